The summed E-state index contributed by atoms with van der Waals surface area (Å²) in [5.74, 6) is -0.415. The topological polar surface area (TPSA) is 40.5 Å². The molecule has 0 amide bonds. The molecular weight excluding hydrogens is 291 g/mol. The second-order valence-corrected chi connectivity index (χ2v) is 5.83. The molecule has 0 saturated carbocycles. The zero-order chi connectivity index (χ0) is 15.3. The molecule has 0 unspecified atom stereocenters. The van der Waals surface area contributed by atoms with Crippen molar-refractivity contribution in [3.8, 4) is 0 Å². The fraction of sp³-hybridized carbons (Fsp3) is 0.294. The van der Waals surface area contributed by atoms with Gasteiger partial charge in [-0.05, 0) is 36.1 Å². The van der Waals surface area contributed by atoms with E-state index in [1.807, 2.05) is 30.3 Å². The Kier molecular flexibility index (Phi) is 5.34. The van der Waals surface area contributed by atoms with Crippen LogP contribution in [0, 0.1) is 11.2 Å². The van der Waals surface area contributed by atoms with Crippen LogP contribution in [0.3, 0.4) is 0 Å². The monoisotopic (exact) mass is 308 g/mol. The van der Waals surface area contributed by atoms with E-state index in [9.17, 15) is 14.6 Å². The molecule has 0 heterocycles. The predicted molar refractivity (Wildman–Crippen MR) is 81.9 cm³/mol. The molecule has 0 spiro atoms. The van der Waals surface area contributed by atoms with E-state index in [4.69, 9.17) is 11.6 Å². The summed E-state index contributed by atoms with van der Waals surface area (Å²) in [7, 11) is 0. The fourth-order valence-electron chi connectivity index (χ4n) is 2.43. The molecule has 2 aromatic carbocycles. The molecule has 0 saturated heterocycles. The van der Waals surface area contributed by atoms with Crippen molar-refractivity contribution in [1.82, 2.24) is 0 Å². The smallest absolute Gasteiger partial charge is 0.127 e. The van der Waals surface area contributed by atoms with Gasteiger partial charge in [0.05, 0.1) is 13.2 Å². The Labute approximate surface area is 128 Å². The van der Waals surface area contributed by atoms with Gasteiger partial charge < -0.3 is 10.2 Å². The van der Waals surface area contributed by atoms with Crippen LogP contribution in [0.1, 0.15) is 11.1 Å². The summed E-state index contributed by atoms with van der Waals surface area (Å²) in [6.45, 7) is -0.444. The maximum Gasteiger partial charge on any atom is 0.127 e. The zero-order valence-electron chi connectivity index (χ0n) is 11.6. The number of hydrogen-bond acceptors (Lipinski definition) is 2. The number of aliphatic hydroxyl groups is 2. The van der Waals surface area contributed by atoms with Crippen LogP contribution in [0.4, 0.5) is 4.39 Å². The minimum Gasteiger partial charge on any atom is -0.396 e. The van der Waals surface area contributed by atoms with Crippen molar-refractivity contribution in [2.75, 3.05) is 13.2 Å². The third-order valence-electron chi connectivity index (χ3n) is 3.67. The molecule has 0 bridgehead atoms. The molecular formula is C17H18ClFO2. The summed E-state index contributed by atoms with van der Waals surface area (Å²) < 4.78 is 13.9. The van der Waals surface area contributed by atoms with Gasteiger partial charge in [-0.3, -0.25) is 0 Å². The van der Waals surface area contributed by atoms with Gasteiger partial charge in [0.2, 0.25) is 0 Å². The standard InChI is InChI=1S/C17H18ClFO2/c18-15-7-6-14(16(19)8-15)10-17(11-20,12-21)9-13-4-2-1-3-5-13/h1-8,20-21H,9-12H2. The Morgan fingerprint density at radius 2 is 1.62 bits per heavy atom. The molecule has 0 aliphatic heterocycles. The van der Waals surface area contributed by atoms with Crippen molar-refractivity contribution < 1.29 is 14.6 Å². The highest BCUT2D eigenvalue weighted by atomic mass is 35.5. The third-order valence-corrected chi connectivity index (χ3v) is 3.91. The first-order chi connectivity index (χ1) is 10.1. The van der Waals surface area contributed by atoms with Gasteiger partial charge in [-0.1, -0.05) is 48.0 Å². The molecule has 0 fully saturated rings. The van der Waals surface area contributed by atoms with E-state index in [0.29, 0.717) is 17.0 Å². The normalized spacial score (nSPS) is 11.6. The van der Waals surface area contributed by atoms with Gasteiger partial charge in [-0.25, -0.2) is 4.39 Å². The molecule has 2 N–H and O–H groups in total. The van der Waals surface area contributed by atoms with Gasteiger partial charge in [-0.15, -0.1) is 0 Å². The Balaban J connectivity index is 2.25. The lowest BCUT2D eigenvalue weighted by molar-refractivity contribution is 0.0541. The maximum atomic E-state index is 13.9. The van der Waals surface area contributed by atoms with Gasteiger partial charge in [0.1, 0.15) is 5.82 Å². The third kappa shape index (κ3) is 4.03. The van der Waals surface area contributed by atoms with E-state index in [0.717, 1.165) is 5.56 Å². The molecule has 0 aliphatic carbocycles. The quantitative estimate of drug-likeness (QED) is 0.860. The van der Waals surface area contributed by atoms with Crippen molar-refractivity contribution in [2.24, 2.45) is 5.41 Å². The summed E-state index contributed by atoms with van der Waals surface area (Å²) in [4.78, 5) is 0. The molecule has 0 atom stereocenters. The van der Waals surface area contributed by atoms with Crippen LogP contribution in [0.2, 0.25) is 5.02 Å². The SMILES string of the molecule is OCC(CO)(Cc1ccccc1)Cc1ccc(Cl)cc1F. The van der Waals surface area contributed by atoms with E-state index in [1.54, 1.807) is 12.1 Å². The molecule has 2 nitrogen and oxygen atoms in total. The lowest BCUT2D eigenvalue weighted by Gasteiger charge is -2.30. The highest BCUT2D eigenvalue weighted by molar-refractivity contribution is 6.30. The van der Waals surface area contributed by atoms with E-state index >= 15 is 0 Å². The van der Waals surface area contributed by atoms with E-state index in [2.05, 4.69) is 0 Å². The Bertz CT molecular complexity index is 583. The van der Waals surface area contributed by atoms with Crippen LogP contribution in [0.15, 0.2) is 48.5 Å². The lowest BCUT2D eigenvalue weighted by Crippen LogP contribution is -2.35. The Morgan fingerprint density at radius 3 is 2.19 bits per heavy atom. The zero-order valence-corrected chi connectivity index (χ0v) is 12.4. The number of halogens is 2. The van der Waals surface area contributed by atoms with Gasteiger partial charge in [0.15, 0.2) is 0 Å². The maximum absolute atomic E-state index is 13.9. The van der Waals surface area contributed by atoms with Crippen LogP contribution in [0.25, 0.3) is 0 Å². The molecule has 0 radical (unpaired) electrons. The van der Waals surface area contributed by atoms with Crippen LogP contribution in [-0.4, -0.2) is 23.4 Å². The second-order valence-electron chi connectivity index (χ2n) is 5.39. The highest BCUT2D eigenvalue weighted by Crippen LogP contribution is 2.29. The van der Waals surface area contributed by atoms with Crippen molar-refractivity contribution in [3.05, 3.63) is 70.5 Å². The average molecular weight is 309 g/mol. The molecule has 21 heavy (non-hydrogen) atoms. The molecule has 2 aromatic rings. The Morgan fingerprint density at radius 1 is 0.952 bits per heavy atom. The molecule has 2 rings (SSSR count). The predicted octanol–water partition coefficient (Wildman–Crippen LogP) is 3.24. The first-order valence-electron chi connectivity index (χ1n) is 6.78. The van der Waals surface area contributed by atoms with Gasteiger partial charge in [-0.2, -0.15) is 0 Å². The van der Waals surface area contributed by atoms with Crippen molar-refractivity contribution in [3.63, 3.8) is 0 Å². The first kappa shape index (κ1) is 16.0. The van der Waals surface area contributed by atoms with Crippen LogP contribution in [0.5, 0.6) is 0 Å². The average Bonchev–Trinajstić information content (AvgIpc) is 2.50. The summed E-state index contributed by atoms with van der Waals surface area (Å²) in [5, 5.41) is 19.8. The summed E-state index contributed by atoms with van der Waals surface area (Å²) in [5.41, 5.74) is 0.643. The van der Waals surface area contributed by atoms with Gasteiger partial charge >= 0.3 is 0 Å². The van der Waals surface area contributed by atoms with Crippen molar-refractivity contribution in [2.45, 2.75) is 12.8 Å². The van der Waals surface area contributed by atoms with E-state index in [1.165, 1.54) is 6.07 Å². The minimum absolute atomic E-state index is 0.222. The van der Waals surface area contributed by atoms with Crippen molar-refractivity contribution in [1.29, 1.82) is 0 Å². The minimum atomic E-state index is -0.796. The van der Waals surface area contributed by atoms with Crippen LogP contribution >= 0.6 is 11.6 Å². The van der Waals surface area contributed by atoms with Gasteiger partial charge in [0, 0.05) is 10.4 Å². The van der Waals surface area contributed by atoms with Crippen LogP contribution in [-0.2, 0) is 12.8 Å². The number of aliphatic hydroxyl groups excluding tert-OH is 2. The van der Waals surface area contributed by atoms with Gasteiger partial charge in [0.25, 0.3) is 0 Å². The van der Waals surface area contributed by atoms with E-state index in [-0.39, 0.29) is 19.6 Å². The number of rotatable bonds is 6. The largest absolute Gasteiger partial charge is 0.396 e. The van der Waals surface area contributed by atoms with Crippen molar-refractivity contribution >= 4 is 11.6 Å². The first-order valence-corrected chi connectivity index (χ1v) is 7.16. The number of benzene rings is 2. The molecule has 4 heteroatoms. The summed E-state index contributed by atoms with van der Waals surface area (Å²) >= 11 is 5.75. The fourth-order valence-corrected chi connectivity index (χ4v) is 2.59. The molecule has 0 aromatic heterocycles. The number of hydrogen-bond donors (Lipinski definition) is 2. The van der Waals surface area contributed by atoms with E-state index < -0.39 is 11.2 Å². The summed E-state index contributed by atoms with van der Waals surface area (Å²) in [6.07, 6.45) is 0.723. The Hall–Kier alpha value is -1.42. The molecule has 0 aliphatic rings. The lowest BCUT2D eigenvalue weighted by atomic mass is 9.78. The van der Waals surface area contributed by atoms with Crippen LogP contribution < -0.4 is 0 Å². The second kappa shape index (κ2) is 7.03. The molecule has 112 valence electrons. The summed E-state index contributed by atoms with van der Waals surface area (Å²) in [6, 6.07) is 14.0. The highest BCUT2D eigenvalue weighted by Gasteiger charge is 2.30.